The highest BCUT2D eigenvalue weighted by atomic mass is 19.1. The van der Waals surface area contributed by atoms with Crippen LogP contribution >= 0.6 is 0 Å². The summed E-state index contributed by atoms with van der Waals surface area (Å²) in [4.78, 5) is 11.8. The Kier molecular flexibility index (Phi) is 5.77. The molecule has 0 aliphatic carbocycles. The number of benzene rings is 2. The largest absolute Gasteiger partial charge is 0.497 e. The van der Waals surface area contributed by atoms with Crippen molar-refractivity contribution in [3.05, 3.63) is 65.5 Å². The van der Waals surface area contributed by atoms with Crippen molar-refractivity contribution in [2.24, 2.45) is 0 Å². The van der Waals surface area contributed by atoms with Gasteiger partial charge in [-0.25, -0.2) is 9.18 Å². The molecule has 1 aliphatic heterocycles. The molecule has 0 saturated carbocycles. The number of rotatable bonds is 5. The van der Waals surface area contributed by atoms with Gasteiger partial charge in [0, 0.05) is 12.0 Å². The summed E-state index contributed by atoms with van der Waals surface area (Å²) in [5.41, 5.74) is 0.790. The quantitative estimate of drug-likeness (QED) is 0.800. The number of hydrogen-bond acceptors (Lipinski definition) is 4. The number of halogens is 1. The van der Waals surface area contributed by atoms with E-state index in [1.54, 1.807) is 12.1 Å². The monoisotopic (exact) mass is 385 g/mol. The smallest absolute Gasteiger partial charge is 0.445 e. The van der Waals surface area contributed by atoms with Gasteiger partial charge in [-0.2, -0.15) is 0 Å². The van der Waals surface area contributed by atoms with E-state index < -0.39 is 30.2 Å². The predicted octanol–water partition coefficient (Wildman–Crippen LogP) is 3.55. The molecule has 1 heterocycles. The van der Waals surface area contributed by atoms with Gasteiger partial charge in [-0.1, -0.05) is 42.5 Å². The summed E-state index contributed by atoms with van der Waals surface area (Å²) < 4.78 is 31.5. The van der Waals surface area contributed by atoms with Gasteiger partial charge < -0.3 is 19.4 Å². The van der Waals surface area contributed by atoms with E-state index in [1.807, 2.05) is 58.0 Å². The lowest BCUT2D eigenvalue weighted by atomic mass is 9.78. The van der Waals surface area contributed by atoms with Crippen LogP contribution in [0.2, 0.25) is 0 Å². The summed E-state index contributed by atoms with van der Waals surface area (Å²) in [7, 11) is -0.761. The van der Waals surface area contributed by atoms with Crippen LogP contribution in [0.1, 0.15) is 38.8 Å². The molecule has 0 radical (unpaired) electrons. The molecule has 148 valence electrons. The number of amides is 1. The Hall–Kier alpha value is -2.38. The number of alkyl carbamates (subject to hydrolysis) is 1. The standard InChI is InChI=1S/C21H25BFNO4/c1-20(2)21(3,4)28-22(27-20)17-11-10-16(12-18(17)23)13-24-19(25)26-14-15-8-6-5-7-9-15/h5-12H,13-14H2,1-4H3,(H,24,25). The van der Waals surface area contributed by atoms with Crippen LogP contribution in [-0.4, -0.2) is 24.4 Å². The SMILES string of the molecule is CC1(C)OB(c2ccc(CNC(=O)OCc3ccccc3)cc2F)OC1(C)C. The molecule has 1 aliphatic rings. The van der Waals surface area contributed by atoms with Crippen molar-refractivity contribution < 1.29 is 23.2 Å². The maximum atomic E-state index is 14.6. The zero-order chi connectivity index (χ0) is 20.4. The van der Waals surface area contributed by atoms with Crippen molar-refractivity contribution in [2.45, 2.75) is 52.0 Å². The van der Waals surface area contributed by atoms with Crippen molar-refractivity contribution in [1.82, 2.24) is 5.32 Å². The number of carbonyl (C=O) groups excluding carboxylic acids is 1. The first-order chi connectivity index (χ1) is 13.2. The fraction of sp³-hybridized carbons (Fsp3) is 0.381. The maximum Gasteiger partial charge on any atom is 0.497 e. The molecule has 0 unspecified atom stereocenters. The zero-order valence-electron chi connectivity index (χ0n) is 16.6. The predicted molar refractivity (Wildman–Crippen MR) is 106 cm³/mol. The molecule has 1 N–H and O–H groups in total. The van der Waals surface area contributed by atoms with E-state index in [9.17, 15) is 9.18 Å². The zero-order valence-corrected chi connectivity index (χ0v) is 16.6. The molecule has 1 amide bonds. The van der Waals surface area contributed by atoms with Gasteiger partial charge in [0.1, 0.15) is 12.4 Å². The van der Waals surface area contributed by atoms with Crippen molar-refractivity contribution in [3.63, 3.8) is 0 Å². The highest BCUT2D eigenvalue weighted by Gasteiger charge is 2.52. The van der Waals surface area contributed by atoms with E-state index in [4.69, 9.17) is 14.0 Å². The second-order valence-electron chi connectivity index (χ2n) is 7.86. The van der Waals surface area contributed by atoms with E-state index in [1.165, 1.54) is 6.07 Å². The lowest BCUT2D eigenvalue weighted by molar-refractivity contribution is 0.00578. The first-order valence-electron chi connectivity index (χ1n) is 9.26. The molecule has 0 bridgehead atoms. The van der Waals surface area contributed by atoms with Gasteiger partial charge in [-0.15, -0.1) is 0 Å². The minimum Gasteiger partial charge on any atom is -0.445 e. The molecule has 0 atom stereocenters. The van der Waals surface area contributed by atoms with E-state index in [2.05, 4.69) is 5.32 Å². The molecular formula is C21H25BFNO4. The molecule has 1 saturated heterocycles. The fourth-order valence-electron chi connectivity index (χ4n) is 2.79. The summed E-state index contributed by atoms with van der Waals surface area (Å²) in [5, 5.41) is 2.62. The minimum atomic E-state index is -0.761. The number of ether oxygens (including phenoxy) is 1. The topological polar surface area (TPSA) is 56.8 Å². The van der Waals surface area contributed by atoms with Crippen molar-refractivity contribution in [2.75, 3.05) is 0 Å². The van der Waals surface area contributed by atoms with Crippen LogP contribution in [0.4, 0.5) is 9.18 Å². The minimum absolute atomic E-state index is 0.161. The second-order valence-corrected chi connectivity index (χ2v) is 7.86. The van der Waals surface area contributed by atoms with Crippen LogP contribution in [0.25, 0.3) is 0 Å². The number of nitrogens with one attached hydrogen (secondary N) is 1. The molecule has 2 aromatic rings. The van der Waals surface area contributed by atoms with Crippen LogP contribution in [0.15, 0.2) is 48.5 Å². The van der Waals surface area contributed by atoms with Gasteiger partial charge in [0.15, 0.2) is 0 Å². The van der Waals surface area contributed by atoms with E-state index >= 15 is 0 Å². The average Bonchev–Trinajstić information content (AvgIpc) is 2.86. The lowest BCUT2D eigenvalue weighted by Gasteiger charge is -2.32. The van der Waals surface area contributed by atoms with Gasteiger partial charge >= 0.3 is 13.2 Å². The third-order valence-corrected chi connectivity index (χ3v) is 5.22. The second kappa shape index (κ2) is 7.93. The summed E-state index contributed by atoms with van der Waals surface area (Å²) in [6.07, 6.45) is -0.556. The van der Waals surface area contributed by atoms with Crippen LogP contribution in [0.3, 0.4) is 0 Å². The molecule has 3 rings (SSSR count). The molecule has 7 heteroatoms. The van der Waals surface area contributed by atoms with E-state index in [0.717, 1.165) is 5.56 Å². The van der Waals surface area contributed by atoms with Gasteiger partial charge in [-0.3, -0.25) is 0 Å². The van der Waals surface area contributed by atoms with E-state index in [0.29, 0.717) is 11.0 Å². The summed E-state index contributed by atoms with van der Waals surface area (Å²) in [6.45, 7) is 8.03. The van der Waals surface area contributed by atoms with Crippen LogP contribution in [-0.2, 0) is 27.2 Å². The fourth-order valence-corrected chi connectivity index (χ4v) is 2.79. The number of hydrogen-bond donors (Lipinski definition) is 1. The first-order valence-corrected chi connectivity index (χ1v) is 9.26. The lowest BCUT2D eigenvalue weighted by Crippen LogP contribution is -2.41. The van der Waals surface area contributed by atoms with Crippen LogP contribution < -0.4 is 10.8 Å². The summed E-state index contributed by atoms with van der Waals surface area (Å²) in [6, 6.07) is 14.1. The van der Waals surface area contributed by atoms with Crippen molar-refractivity contribution >= 4 is 18.7 Å². The molecular weight excluding hydrogens is 360 g/mol. The average molecular weight is 385 g/mol. The van der Waals surface area contributed by atoms with Gasteiger partial charge in [0.05, 0.1) is 11.2 Å². The third-order valence-electron chi connectivity index (χ3n) is 5.22. The van der Waals surface area contributed by atoms with Gasteiger partial charge in [0.2, 0.25) is 0 Å². The van der Waals surface area contributed by atoms with Crippen LogP contribution in [0, 0.1) is 5.82 Å². The Morgan fingerprint density at radius 2 is 1.68 bits per heavy atom. The Balaban J connectivity index is 1.55. The molecule has 0 spiro atoms. The summed E-state index contributed by atoms with van der Waals surface area (Å²) in [5.74, 6) is -0.435. The molecule has 0 aromatic heterocycles. The number of carbonyl (C=O) groups is 1. The third kappa shape index (κ3) is 4.54. The van der Waals surface area contributed by atoms with Crippen LogP contribution in [0.5, 0.6) is 0 Å². The molecule has 28 heavy (non-hydrogen) atoms. The molecule has 5 nitrogen and oxygen atoms in total. The van der Waals surface area contributed by atoms with Crippen molar-refractivity contribution in [1.29, 1.82) is 0 Å². The Morgan fingerprint density at radius 1 is 1.04 bits per heavy atom. The normalized spacial score (nSPS) is 17.4. The molecule has 1 fully saturated rings. The highest BCUT2D eigenvalue weighted by Crippen LogP contribution is 2.36. The Bertz CT molecular complexity index is 826. The molecule has 2 aromatic carbocycles. The highest BCUT2D eigenvalue weighted by molar-refractivity contribution is 6.62. The summed E-state index contributed by atoms with van der Waals surface area (Å²) >= 11 is 0. The Morgan fingerprint density at radius 3 is 2.29 bits per heavy atom. The first kappa shape index (κ1) is 20.4. The Labute approximate surface area is 165 Å². The van der Waals surface area contributed by atoms with Crippen molar-refractivity contribution in [3.8, 4) is 0 Å². The van der Waals surface area contributed by atoms with E-state index in [-0.39, 0.29) is 13.2 Å². The van der Waals surface area contributed by atoms with Gasteiger partial charge in [0.25, 0.3) is 0 Å². The maximum absolute atomic E-state index is 14.6. The van der Waals surface area contributed by atoms with Gasteiger partial charge in [-0.05, 0) is 44.9 Å².